The number of hydrogen-bond donors (Lipinski definition) is 2. The molecule has 0 aliphatic carbocycles. The van der Waals surface area contributed by atoms with Crippen molar-refractivity contribution in [3.8, 4) is 0 Å². The highest BCUT2D eigenvalue weighted by Crippen LogP contribution is 2.10. The summed E-state index contributed by atoms with van der Waals surface area (Å²) in [5.74, 6) is -0.192. The van der Waals surface area contributed by atoms with Crippen molar-refractivity contribution in [1.29, 1.82) is 0 Å². The van der Waals surface area contributed by atoms with Crippen molar-refractivity contribution in [2.24, 2.45) is 0 Å². The Hall–Kier alpha value is -2.04. The van der Waals surface area contributed by atoms with Crippen LogP contribution in [0.15, 0.2) is 48.5 Å². The normalized spacial score (nSPS) is 11.6. The van der Waals surface area contributed by atoms with Crippen LogP contribution >= 0.6 is 23.2 Å². The van der Waals surface area contributed by atoms with Crippen LogP contribution in [0.5, 0.6) is 0 Å². The molecule has 0 aromatic heterocycles. The van der Waals surface area contributed by atoms with Crippen LogP contribution in [0.1, 0.15) is 18.1 Å². The molecule has 25 heavy (non-hydrogen) atoms. The van der Waals surface area contributed by atoms with Crippen LogP contribution in [0.2, 0.25) is 10.0 Å². The molecule has 2 aromatic carbocycles. The summed E-state index contributed by atoms with van der Waals surface area (Å²) in [5, 5.41) is 6.96. The minimum absolute atomic E-state index is 0.0956. The summed E-state index contributed by atoms with van der Waals surface area (Å²) in [5.41, 5.74) is 1.78. The van der Waals surface area contributed by atoms with Gasteiger partial charge >= 0.3 is 0 Å². The number of carbonyl (C=O) groups is 2. The van der Waals surface area contributed by atoms with E-state index in [9.17, 15) is 9.59 Å². The third-order valence-corrected chi connectivity index (χ3v) is 4.07. The fourth-order valence-corrected chi connectivity index (χ4v) is 2.53. The lowest BCUT2D eigenvalue weighted by Gasteiger charge is -2.15. The van der Waals surface area contributed by atoms with Crippen molar-refractivity contribution in [3.63, 3.8) is 0 Å². The zero-order valence-corrected chi connectivity index (χ0v) is 15.4. The Labute approximate surface area is 157 Å². The van der Waals surface area contributed by atoms with E-state index in [1.807, 2.05) is 31.2 Å². The molecule has 0 spiro atoms. The van der Waals surface area contributed by atoms with Crippen molar-refractivity contribution in [3.05, 3.63) is 69.7 Å². The average molecular weight is 379 g/mol. The Bertz CT molecular complexity index is 715. The van der Waals surface area contributed by atoms with Crippen molar-refractivity contribution < 1.29 is 9.59 Å². The molecule has 4 nitrogen and oxygen atoms in total. The molecule has 2 rings (SSSR count). The van der Waals surface area contributed by atoms with Crippen LogP contribution in [-0.2, 0) is 22.4 Å². The molecular weight excluding hydrogens is 359 g/mol. The third-order valence-electron chi connectivity index (χ3n) is 3.57. The summed E-state index contributed by atoms with van der Waals surface area (Å²) >= 11 is 11.6. The number of nitrogens with one attached hydrogen (secondary N) is 2. The van der Waals surface area contributed by atoms with Gasteiger partial charge in [0.25, 0.3) is 0 Å². The highest BCUT2D eigenvalue weighted by molar-refractivity contribution is 6.30. The van der Waals surface area contributed by atoms with Gasteiger partial charge in [0.05, 0.1) is 12.8 Å². The van der Waals surface area contributed by atoms with Gasteiger partial charge in [-0.25, -0.2) is 0 Å². The van der Waals surface area contributed by atoms with E-state index in [0.717, 1.165) is 11.1 Å². The molecule has 0 bridgehead atoms. The van der Waals surface area contributed by atoms with Gasteiger partial charge in [0.1, 0.15) is 0 Å². The Morgan fingerprint density at radius 2 is 1.28 bits per heavy atom. The number of rotatable bonds is 7. The molecule has 0 aliphatic heterocycles. The van der Waals surface area contributed by atoms with E-state index < -0.39 is 0 Å². The fourth-order valence-electron chi connectivity index (χ4n) is 2.28. The van der Waals surface area contributed by atoms with Crippen LogP contribution in [0.3, 0.4) is 0 Å². The highest BCUT2D eigenvalue weighted by atomic mass is 35.5. The van der Waals surface area contributed by atoms with Gasteiger partial charge in [0, 0.05) is 22.6 Å². The van der Waals surface area contributed by atoms with E-state index in [1.54, 1.807) is 24.3 Å². The van der Waals surface area contributed by atoms with Crippen LogP contribution < -0.4 is 10.6 Å². The lowest BCUT2D eigenvalue weighted by atomic mass is 10.1. The second-order valence-corrected chi connectivity index (χ2v) is 6.75. The lowest BCUT2D eigenvalue weighted by molar-refractivity contribution is -0.122. The maximum atomic E-state index is 12.0. The first-order valence-corrected chi connectivity index (χ1v) is 8.73. The molecule has 0 saturated carbocycles. The Morgan fingerprint density at radius 3 is 1.76 bits per heavy atom. The molecule has 0 unspecified atom stereocenters. The first-order valence-electron chi connectivity index (χ1n) is 7.97. The Kier molecular flexibility index (Phi) is 7.29. The molecular formula is C19H20Cl2N2O2. The standard InChI is InChI=1S/C19H20Cl2N2O2/c1-13(23-19(25)11-15-4-8-17(21)9-5-15)12-22-18(24)10-14-2-6-16(20)7-3-14/h2-9,13H,10-12H2,1H3,(H,22,24)(H,23,25)/t13-/m1/s1. The molecule has 2 aromatic rings. The van der Waals surface area contributed by atoms with Gasteiger partial charge in [0.2, 0.25) is 11.8 Å². The second-order valence-electron chi connectivity index (χ2n) is 5.88. The highest BCUT2D eigenvalue weighted by Gasteiger charge is 2.10. The smallest absolute Gasteiger partial charge is 0.224 e. The zero-order valence-electron chi connectivity index (χ0n) is 13.9. The number of carbonyl (C=O) groups excluding carboxylic acids is 2. The molecule has 0 aliphatic rings. The lowest BCUT2D eigenvalue weighted by Crippen LogP contribution is -2.42. The summed E-state index contributed by atoms with van der Waals surface area (Å²) < 4.78 is 0. The maximum absolute atomic E-state index is 12.0. The molecule has 0 heterocycles. The molecule has 1 atom stereocenters. The average Bonchev–Trinajstić information content (AvgIpc) is 2.57. The van der Waals surface area contributed by atoms with Crippen molar-refractivity contribution in [1.82, 2.24) is 10.6 Å². The molecule has 2 amide bonds. The Balaban J connectivity index is 1.71. The molecule has 132 valence electrons. The van der Waals surface area contributed by atoms with Crippen LogP contribution in [-0.4, -0.2) is 24.4 Å². The van der Waals surface area contributed by atoms with Crippen LogP contribution in [0.25, 0.3) is 0 Å². The predicted molar refractivity (Wildman–Crippen MR) is 101 cm³/mol. The van der Waals surface area contributed by atoms with E-state index >= 15 is 0 Å². The summed E-state index contributed by atoms with van der Waals surface area (Å²) in [6, 6.07) is 14.1. The van der Waals surface area contributed by atoms with Gasteiger partial charge < -0.3 is 10.6 Å². The second kappa shape index (κ2) is 9.44. The summed E-state index contributed by atoms with van der Waals surface area (Å²) in [7, 11) is 0. The predicted octanol–water partition coefficient (Wildman–Crippen LogP) is 3.40. The molecule has 6 heteroatoms. The molecule has 0 fully saturated rings. The quantitative estimate of drug-likeness (QED) is 0.775. The van der Waals surface area contributed by atoms with Gasteiger partial charge in [0.15, 0.2) is 0 Å². The summed E-state index contributed by atoms with van der Waals surface area (Å²) in [4.78, 5) is 23.9. The number of amides is 2. The van der Waals surface area contributed by atoms with E-state index in [2.05, 4.69) is 10.6 Å². The van der Waals surface area contributed by atoms with Gasteiger partial charge in [-0.2, -0.15) is 0 Å². The monoisotopic (exact) mass is 378 g/mol. The van der Waals surface area contributed by atoms with E-state index in [0.29, 0.717) is 16.6 Å². The van der Waals surface area contributed by atoms with Crippen molar-refractivity contribution >= 4 is 35.0 Å². The van der Waals surface area contributed by atoms with Crippen molar-refractivity contribution in [2.75, 3.05) is 6.54 Å². The van der Waals surface area contributed by atoms with E-state index in [-0.39, 0.29) is 30.7 Å². The van der Waals surface area contributed by atoms with Gasteiger partial charge in [-0.15, -0.1) is 0 Å². The fraction of sp³-hybridized carbons (Fsp3) is 0.263. The van der Waals surface area contributed by atoms with E-state index in [4.69, 9.17) is 23.2 Å². The SMILES string of the molecule is C[C@H](CNC(=O)Cc1ccc(Cl)cc1)NC(=O)Cc1ccc(Cl)cc1. The topological polar surface area (TPSA) is 58.2 Å². The number of halogens is 2. The molecule has 0 radical (unpaired) electrons. The maximum Gasteiger partial charge on any atom is 0.224 e. The van der Waals surface area contributed by atoms with E-state index in [1.165, 1.54) is 0 Å². The largest absolute Gasteiger partial charge is 0.354 e. The van der Waals surface area contributed by atoms with Gasteiger partial charge in [-0.05, 0) is 42.3 Å². The van der Waals surface area contributed by atoms with Crippen LogP contribution in [0.4, 0.5) is 0 Å². The minimum Gasteiger partial charge on any atom is -0.354 e. The zero-order chi connectivity index (χ0) is 18.2. The van der Waals surface area contributed by atoms with Gasteiger partial charge in [-0.1, -0.05) is 47.5 Å². The van der Waals surface area contributed by atoms with Gasteiger partial charge in [-0.3, -0.25) is 9.59 Å². The first-order chi connectivity index (χ1) is 11.9. The molecule has 0 saturated heterocycles. The summed E-state index contributed by atoms with van der Waals surface area (Å²) in [6.07, 6.45) is 0.558. The number of hydrogen-bond acceptors (Lipinski definition) is 2. The van der Waals surface area contributed by atoms with Crippen LogP contribution in [0, 0.1) is 0 Å². The van der Waals surface area contributed by atoms with Crippen molar-refractivity contribution in [2.45, 2.75) is 25.8 Å². The summed E-state index contributed by atoms with van der Waals surface area (Å²) in [6.45, 7) is 2.22. The minimum atomic E-state index is -0.158. The Morgan fingerprint density at radius 1 is 0.840 bits per heavy atom. The third kappa shape index (κ3) is 7.16. The number of benzene rings is 2. The first kappa shape index (κ1) is 19.3. The molecule has 2 N–H and O–H groups in total.